The predicted molar refractivity (Wildman–Crippen MR) is 77.6 cm³/mol. The van der Waals surface area contributed by atoms with Crippen LogP contribution in [0.25, 0.3) is 0 Å². The molecule has 5 heteroatoms. The van der Waals surface area contributed by atoms with Crippen molar-refractivity contribution >= 4 is 17.5 Å². The number of nitrogens with two attached hydrogens (primary N) is 1. The maximum absolute atomic E-state index is 11.3. The second kappa shape index (κ2) is 6.97. The number of anilines is 2. The van der Waals surface area contributed by atoms with Crippen LogP contribution in [0.5, 0.6) is 0 Å². The van der Waals surface area contributed by atoms with Gasteiger partial charge in [-0.05, 0) is 26.3 Å². The molecule has 0 spiro atoms. The fourth-order valence-electron chi connectivity index (χ4n) is 2.00. The van der Waals surface area contributed by atoms with E-state index in [1.54, 1.807) is 0 Å². The molecular formula is C14H23N3O2. The van der Waals surface area contributed by atoms with Crippen LogP contribution in [0.15, 0.2) is 12.3 Å². The molecule has 19 heavy (non-hydrogen) atoms. The number of carboxylic acids is 1. The summed E-state index contributed by atoms with van der Waals surface area (Å²) in [4.78, 5) is 17.6. The van der Waals surface area contributed by atoms with Crippen LogP contribution < -0.4 is 10.6 Å². The van der Waals surface area contributed by atoms with Crippen LogP contribution in [0.2, 0.25) is 0 Å². The average Bonchev–Trinajstić information content (AvgIpc) is 2.35. The van der Waals surface area contributed by atoms with Crippen molar-refractivity contribution in [2.45, 2.75) is 46.1 Å². The van der Waals surface area contributed by atoms with E-state index in [1.165, 1.54) is 12.3 Å². The van der Waals surface area contributed by atoms with Crippen LogP contribution in [-0.4, -0.2) is 28.6 Å². The SMILES string of the molecule is CCCCCN(c1ncc(N)cc1C(=O)O)C(C)C. The topological polar surface area (TPSA) is 79.5 Å². The first kappa shape index (κ1) is 15.3. The number of aromatic carboxylic acids is 1. The number of nitrogen functional groups attached to an aromatic ring is 1. The second-order valence-corrected chi connectivity index (χ2v) is 4.94. The summed E-state index contributed by atoms with van der Waals surface area (Å²) in [6.07, 6.45) is 4.80. The third kappa shape index (κ3) is 4.12. The number of aromatic nitrogens is 1. The highest BCUT2D eigenvalue weighted by Gasteiger charge is 2.19. The van der Waals surface area contributed by atoms with Crippen molar-refractivity contribution in [3.63, 3.8) is 0 Å². The van der Waals surface area contributed by atoms with E-state index in [2.05, 4.69) is 11.9 Å². The summed E-state index contributed by atoms with van der Waals surface area (Å²) >= 11 is 0. The lowest BCUT2D eigenvalue weighted by atomic mass is 10.1. The molecule has 1 aromatic rings. The molecule has 1 aromatic heterocycles. The van der Waals surface area contributed by atoms with E-state index in [4.69, 9.17) is 5.73 Å². The predicted octanol–water partition coefficient (Wildman–Crippen LogP) is 2.77. The van der Waals surface area contributed by atoms with Gasteiger partial charge in [0.1, 0.15) is 11.4 Å². The minimum Gasteiger partial charge on any atom is -0.478 e. The number of unbranched alkanes of at least 4 members (excludes halogenated alkanes) is 2. The Bertz CT molecular complexity index is 433. The van der Waals surface area contributed by atoms with Crippen LogP contribution in [0, 0.1) is 0 Å². The van der Waals surface area contributed by atoms with Crippen LogP contribution in [-0.2, 0) is 0 Å². The Hall–Kier alpha value is -1.78. The number of hydrogen-bond donors (Lipinski definition) is 2. The van der Waals surface area contributed by atoms with Gasteiger partial charge in [0.25, 0.3) is 0 Å². The Balaban J connectivity index is 3.04. The maximum Gasteiger partial charge on any atom is 0.339 e. The van der Waals surface area contributed by atoms with Crippen LogP contribution in [0.3, 0.4) is 0 Å². The molecule has 3 N–H and O–H groups in total. The van der Waals surface area contributed by atoms with Crippen molar-refractivity contribution in [3.8, 4) is 0 Å². The summed E-state index contributed by atoms with van der Waals surface area (Å²) < 4.78 is 0. The number of carboxylic acid groups (broad SMARTS) is 1. The molecule has 1 rings (SSSR count). The molecule has 0 atom stereocenters. The fourth-order valence-corrected chi connectivity index (χ4v) is 2.00. The Morgan fingerprint density at radius 2 is 2.16 bits per heavy atom. The monoisotopic (exact) mass is 265 g/mol. The number of nitrogens with zero attached hydrogens (tertiary/aromatic N) is 2. The lowest BCUT2D eigenvalue weighted by molar-refractivity contribution is 0.0697. The normalized spacial score (nSPS) is 10.7. The molecule has 0 aliphatic rings. The van der Waals surface area contributed by atoms with Gasteiger partial charge in [-0.3, -0.25) is 0 Å². The molecule has 106 valence electrons. The lowest BCUT2D eigenvalue weighted by Crippen LogP contribution is -2.34. The van der Waals surface area contributed by atoms with Crippen molar-refractivity contribution in [1.29, 1.82) is 0 Å². The van der Waals surface area contributed by atoms with E-state index in [0.29, 0.717) is 11.5 Å². The molecule has 0 aliphatic carbocycles. The van der Waals surface area contributed by atoms with E-state index in [1.807, 2.05) is 18.7 Å². The number of rotatable bonds is 7. The summed E-state index contributed by atoms with van der Waals surface area (Å²) in [5, 5.41) is 9.27. The molecule has 0 aromatic carbocycles. The molecule has 0 unspecified atom stereocenters. The Labute approximate surface area is 114 Å². The third-order valence-electron chi connectivity index (χ3n) is 3.02. The van der Waals surface area contributed by atoms with E-state index < -0.39 is 5.97 Å². The molecule has 0 saturated carbocycles. The largest absolute Gasteiger partial charge is 0.478 e. The number of hydrogen-bond acceptors (Lipinski definition) is 4. The van der Waals surface area contributed by atoms with E-state index >= 15 is 0 Å². The minimum atomic E-state index is -0.990. The number of pyridine rings is 1. The first-order chi connectivity index (χ1) is 8.97. The molecule has 1 heterocycles. The second-order valence-electron chi connectivity index (χ2n) is 4.94. The molecule has 0 amide bonds. The van der Waals surface area contributed by atoms with Gasteiger partial charge >= 0.3 is 5.97 Å². The molecule has 5 nitrogen and oxygen atoms in total. The summed E-state index contributed by atoms with van der Waals surface area (Å²) in [5.74, 6) is -0.483. The molecule has 0 aliphatic heterocycles. The van der Waals surface area contributed by atoms with E-state index in [0.717, 1.165) is 25.8 Å². The van der Waals surface area contributed by atoms with Crippen molar-refractivity contribution in [2.75, 3.05) is 17.2 Å². The molecule has 0 bridgehead atoms. The van der Waals surface area contributed by atoms with Gasteiger partial charge in [-0.1, -0.05) is 19.8 Å². The maximum atomic E-state index is 11.3. The van der Waals surface area contributed by atoms with Gasteiger partial charge in [0.2, 0.25) is 0 Å². The average molecular weight is 265 g/mol. The smallest absolute Gasteiger partial charge is 0.339 e. The van der Waals surface area contributed by atoms with Crippen molar-refractivity contribution in [3.05, 3.63) is 17.8 Å². The third-order valence-corrected chi connectivity index (χ3v) is 3.02. The summed E-state index contributed by atoms with van der Waals surface area (Å²) in [7, 11) is 0. The highest BCUT2D eigenvalue weighted by molar-refractivity contribution is 5.94. The Morgan fingerprint density at radius 3 is 2.68 bits per heavy atom. The summed E-state index contributed by atoms with van der Waals surface area (Å²) in [6.45, 7) is 7.03. The van der Waals surface area contributed by atoms with Crippen LogP contribution in [0.1, 0.15) is 50.4 Å². The zero-order chi connectivity index (χ0) is 14.4. The van der Waals surface area contributed by atoms with Crippen LogP contribution >= 0.6 is 0 Å². The van der Waals surface area contributed by atoms with Gasteiger partial charge in [-0.25, -0.2) is 9.78 Å². The summed E-state index contributed by atoms with van der Waals surface area (Å²) in [6, 6.07) is 1.67. The first-order valence-corrected chi connectivity index (χ1v) is 6.72. The lowest BCUT2D eigenvalue weighted by Gasteiger charge is -2.29. The van der Waals surface area contributed by atoms with Crippen molar-refractivity contribution < 1.29 is 9.90 Å². The molecular weight excluding hydrogens is 242 g/mol. The minimum absolute atomic E-state index is 0.171. The van der Waals surface area contributed by atoms with Gasteiger partial charge in [0, 0.05) is 12.6 Å². The molecule has 0 fully saturated rings. The fraction of sp³-hybridized carbons (Fsp3) is 0.571. The highest BCUT2D eigenvalue weighted by Crippen LogP contribution is 2.22. The number of carbonyl (C=O) groups is 1. The van der Waals surface area contributed by atoms with Crippen molar-refractivity contribution in [1.82, 2.24) is 4.98 Å². The van der Waals surface area contributed by atoms with Crippen molar-refractivity contribution in [2.24, 2.45) is 0 Å². The standard InChI is InChI=1S/C14H23N3O2/c1-4-5-6-7-17(10(2)3)13-12(14(18)19)8-11(15)9-16-13/h8-10H,4-7,15H2,1-3H3,(H,18,19). The van der Waals surface area contributed by atoms with Gasteiger partial charge < -0.3 is 15.7 Å². The van der Waals surface area contributed by atoms with Gasteiger partial charge in [0.15, 0.2) is 0 Å². The van der Waals surface area contributed by atoms with E-state index in [9.17, 15) is 9.90 Å². The van der Waals surface area contributed by atoms with Gasteiger partial charge in [-0.15, -0.1) is 0 Å². The quantitative estimate of drug-likeness (QED) is 0.741. The van der Waals surface area contributed by atoms with E-state index in [-0.39, 0.29) is 11.6 Å². The zero-order valence-corrected chi connectivity index (χ0v) is 11.9. The van der Waals surface area contributed by atoms with Gasteiger partial charge in [-0.2, -0.15) is 0 Å². The molecule has 0 saturated heterocycles. The van der Waals surface area contributed by atoms with Gasteiger partial charge in [0.05, 0.1) is 11.9 Å². The zero-order valence-electron chi connectivity index (χ0n) is 11.9. The van der Waals surface area contributed by atoms with Crippen LogP contribution in [0.4, 0.5) is 11.5 Å². The highest BCUT2D eigenvalue weighted by atomic mass is 16.4. The molecule has 0 radical (unpaired) electrons. The Morgan fingerprint density at radius 1 is 1.47 bits per heavy atom. The Kier molecular flexibility index (Phi) is 5.60. The summed E-state index contributed by atoms with van der Waals surface area (Å²) in [5.41, 5.74) is 6.16. The first-order valence-electron chi connectivity index (χ1n) is 6.72.